The summed E-state index contributed by atoms with van der Waals surface area (Å²) in [6.45, 7) is 1.40. The summed E-state index contributed by atoms with van der Waals surface area (Å²) in [6, 6.07) is 4.02. The van der Waals surface area contributed by atoms with Crippen molar-refractivity contribution in [2.75, 3.05) is 7.05 Å². The SMILES string of the molecule is CNCc1ccc(COC2CCCCC2)o1. The topological polar surface area (TPSA) is 34.4 Å². The van der Waals surface area contributed by atoms with E-state index in [4.69, 9.17) is 9.15 Å². The van der Waals surface area contributed by atoms with E-state index >= 15 is 0 Å². The van der Waals surface area contributed by atoms with Crippen molar-refractivity contribution < 1.29 is 9.15 Å². The first-order valence-corrected chi connectivity index (χ1v) is 6.22. The zero-order chi connectivity index (χ0) is 11.2. The summed E-state index contributed by atoms with van der Waals surface area (Å²) in [6.07, 6.45) is 6.87. The molecule has 0 aromatic carbocycles. The van der Waals surface area contributed by atoms with Gasteiger partial charge >= 0.3 is 0 Å². The maximum absolute atomic E-state index is 5.85. The molecule has 0 saturated heterocycles. The summed E-state index contributed by atoms with van der Waals surface area (Å²) in [5.74, 6) is 1.92. The van der Waals surface area contributed by atoms with E-state index in [1.807, 2.05) is 19.2 Å². The van der Waals surface area contributed by atoms with Gasteiger partial charge in [-0.2, -0.15) is 0 Å². The van der Waals surface area contributed by atoms with Crippen molar-refractivity contribution in [1.82, 2.24) is 5.32 Å². The molecule has 1 aliphatic carbocycles. The summed E-state index contributed by atoms with van der Waals surface area (Å²) in [4.78, 5) is 0. The van der Waals surface area contributed by atoms with Crippen molar-refractivity contribution in [3.05, 3.63) is 23.7 Å². The minimum absolute atomic E-state index is 0.451. The van der Waals surface area contributed by atoms with Crippen molar-refractivity contribution in [1.29, 1.82) is 0 Å². The molecule has 1 N–H and O–H groups in total. The van der Waals surface area contributed by atoms with Crippen LogP contribution in [0, 0.1) is 0 Å². The highest BCUT2D eigenvalue weighted by Gasteiger charge is 2.14. The van der Waals surface area contributed by atoms with Gasteiger partial charge in [0.25, 0.3) is 0 Å². The number of nitrogens with one attached hydrogen (secondary N) is 1. The van der Waals surface area contributed by atoms with E-state index in [1.54, 1.807) is 0 Å². The molecule has 1 heterocycles. The summed E-state index contributed by atoms with van der Waals surface area (Å²) in [5, 5.41) is 3.07. The number of hydrogen-bond donors (Lipinski definition) is 1. The van der Waals surface area contributed by atoms with Gasteiger partial charge in [-0.25, -0.2) is 0 Å². The van der Waals surface area contributed by atoms with Crippen LogP contribution in [0.2, 0.25) is 0 Å². The maximum Gasteiger partial charge on any atom is 0.129 e. The van der Waals surface area contributed by atoms with E-state index in [-0.39, 0.29) is 0 Å². The fourth-order valence-corrected chi connectivity index (χ4v) is 2.20. The normalized spacial score (nSPS) is 17.8. The standard InChI is InChI=1S/C13H21NO2/c1-14-9-12-7-8-13(16-12)10-15-11-5-3-2-4-6-11/h7-8,11,14H,2-6,9-10H2,1H3. The number of furan rings is 1. The second kappa shape index (κ2) is 6.06. The minimum Gasteiger partial charge on any atom is -0.462 e. The number of ether oxygens (including phenoxy) is 1. The predicted octanol–water partition coefficient (Wildman–Crippen LogP) is 2.85. The summed E-state index contributed by atoms with van der Waals surface area (Å²) in [5.41, 5.74) is 0. The molecule has 3 heteroatoms. The largest absolute Gasteiger partial charge is 0.462 e. The van der Waals surface area contributed by atoms with E-state index in [2.05, 4.69) is 5.32 Å². The first-order chi connectivity index (χ1) is 7.88. The van der Waals surface area contributed by atoms with Gasteiger partial charge in [-0.1, -0.05) is 19.3 Å². The van der Waals surface area contributed by atoms with Crippen LogP contribution in [0.1, 0.15) is 43.6 Å². The highest BCUT2D eigenvalue weighted by Crippen LogP contribution is 2.21. The fourth-order valence-electron chi connectivity index (χ4n) is 2.20. The predicted molar refractivity (Wildman–Crippen MR) is 63.1 cm³/mol. The van der Waals surface area contributed by atoms with Crippen molar-refractivity contribution in [3.8, 4) is 0 Å². The van der Waals surface area contributed by atoms with Crippen LogP contribution in [-0.2, 0) is 17.9 Å². The lowest BCUT2D eigenvalue weighted by Crippen LogP contribution is -2.16. The highest BCUT2D eigenvalue weighted by atomic mass is 16.5. The van der Waals surface area contributed by atoms with Gasteiger partial charge in [-0.3, -0.25) is 0 Å². The van der Waals surface area contributed by atoms with Crippen LogP contribution in [0.5, 0.6) is 0 Å². The average Bonchev–Trinajstić information content (AvgIpc) is 2.76. The molecule has 1 aromatic heterocycles. The zero-order valence-corrected chi connectivity index (χ0v) is 10.00. The maximum atomic E-state index is 5.85. The van der Waals surface area contributed by atoms with Gasteiger partial charge in [-0.15, -0.1) is 0 Å². The molecule has 0 spiro atoms. The second-order valence-corrected chi connectivity index (χ2v) is 4.47. The summed E-state index contributed by atoms with van der Waals surface area (Å²) in [7, 11) is 1.92. The second-order valence-electron chi connectivity index (χ2n) is 4.47. The molecular formula is C13H21NO2. The van der Waals surface area contributed by atoms with Gasteiger partial charge in [0.05, 0.1) is 12.6 Å². The van der Waals surface area contributed by atoms with E-state index < -0.39 is 0 Å². The van der Waals surface area contributed by atoms with Gasteiger partial charge in [0.1, 0.15) is 18.1 Å². The molecule has 0 radical (unpaired) electrons. The van der Waals surface area contributed by atoms with Crippen LogP contribution in [0.4, 0.5) is 0 Å². The van der Waals surface area contributed by atoms with Crippen LogP contribution in [0.15, 0.2) is 16.5 Å². The van der Waals surface area contributed by atoms with E-state index in [1.165, 1.54) is 32.1 Å². The van der Waals surface area contributed by atoms with Gasteiger partial charge in [0.15, 0.2) is 0 Å². The van der Waals surface area contributed by atoms with E-state index in [0.717, 1.165) is 18.1 Å². The molecule has 1 aliphatic rings. The molecule has 0 amide bonds. The lowest BCUT2D eigenvalue weighted by atomic mass is 9.98. The highest BCUT2D eigenvalue weighted by molar-refractivity contribution is 5.06. The molecule has 0 bridgehead atoms. The van der Waals surface area contributed by atoms with Crippen LogP contribution >= 0.6 is 0 Å². The molecular weight excluding hydrogens is 202 g/mol. The summed E-state index contributed by atoms with van der Waals surface area (Å²) >= 11 is 0. The molecule has 90 valence electrons. The zero-order valence-electron chi connectivity index (χ0n) is 10.00. The Bertz CT molecular complexity index is 303. The third kappa shape index (κ3) is 3.35. The first-order valence-electron chi connectivity index (χ1n) is 6.22. The molecule has 0 aliphatic heterocycles. The van der Waals surface area contributed by atoms with E-state index in [0.29, 0.717) is 12.7 Å². The van der Waals surface area contributed by atoms with Crippen molar-refractivity contribution in [3.63, 3.8) is 0 Å². The molecule has 1 aromatic rings. The Balaban J connectivity index is 1.75. The molecule has 0 unspecified atom stereocenters. The average molecular weight is 223 g/mol. The molecule has 0 atom stereocenters. The molecule has 1 fully saturated rings. The van der Waals surface area contributed by atoms with Crippen LogP contribution in [0.3, 0.4) is 0 Å². The Morgan fingerprint density at radius 2 is 2.00 bits per heavy atom. The lowest BCUT2D eigenvalue weighted by Gasteiger charge is -2.21. The van der Waals surface area contributed by atoms with Crippen molar-refractivity contribution in [2.45, 2.75) is 51.4 Å². The Morgan fingerprint density at radius 3 is 2.75 bits per heavy atom. The fraction of sp³-hybridized carbons (Fsp3) is 0.692. The summed E-state index contributed by atoms with van der Waals surface area (Å²) < 4.78 is 11.5. The first kappa shape index (κ1) is 11.7. The third-order valence-corrected chi connectivity index (χ3v) is 3.08. The molecule has 16 heavy (non-hydrogen) atoms. The monoisotopic (exact) mass is 223 g/mol. The van der Waals surface area contributed by atoms with Crippen molar-refractivity contribution >= 4 is 0 Å². The molecule has 3 nitrogen and oxygen atoms in total. The Labute approximate surface area is 97.2 Å². The quantitative estimate of drug-likeness (QED) is 0.833. The van der Waals surface area contributed by atoms with Gasteiger partial charge in [0, 0.05) is 0 Å². The van der Waals surface area contributed by atoms with Gasteiger partial charge in [-0.05, 0) is 32.0 Å². The Morgan fingerprint density at radius 1 is 1.25 bits per heavy atom. The Hall–Kier alpha value is -0.800. The van der Waals surface area contributed by atoms with Gasteiger partial charge < -0.3 is 14.5 Å². The number of hydrogen-bond acceptors (Lipinski definition) is 3. The minimum atomic E-state index is 0.451. The lowest BCUT2D eigenvalue weighted by molar-refractivity contribution is 0.00836. The molecule has 1 saturated carbocycles. The van der Waals surface area contributed by atoms with Crippen LogP contribution in [-0.4, -0.2) is 13.2 Å². The smallest absolute Gasteiger partial charge is 0.129 e. The Kier molecular flexibility index (Phi) is 4.43. The molecule has 2 rings (SSSR count). The third-order valence-electron chi connectivity index (χ3n) is 3.08. The van der Waals surface area contributed by atoms with Gasteiger partial charge in [0.2, 0.25) is 0 Å². The number of rotatable bonds is 5. The van der Waals surface area contributed by atoms with Crippen molar-refractivity contribution in [2.24, 2.45) is 0 Å². The van der Waals surface area contributed by atoms with Crippen LogP contribution in [0.25, 0.3) is 0 Å². The van der Waals surface area contributed by atoms with Crippen LogP contribution < -0.4 is 5.32 Å². The van der Waals surface area contributed by atoms with E-state index in [9.17, 15) is 0 Å².